The maximum absolute atomic E-state index is 12.6. The zero-order valence-corrected chi connectivity index (χ0v) is 12.1. The maximum Gasteiger partial charge on any atom is 0.254 e. The molecule has 0 bridgehead atoms. The zero-order chi connectivity index (χ0) is 14.4. The fourth-order valence-corrected chi connectivity index (χ4v) is 2.33. The first-order valence-electron chi connectivity index (χ1n) is 6.86. The van der Waals surface area contributed by atoms with Crippen molar-refractivity contribution < 1.29 is 14.3 Å². The number of nitrogens with zero attached hydrogens (tertiary/aromatic N) is 1. The number of hydrogen-bond donors (Lipinski definition) is 1. The van der Waals surface area contributed by atoms with Crippen LogP contribution in [0.1, 0.15) is 21.5 Å². The second-order valence-corrected chi connectivity index (χ2v) is 4.86. The van der Waals surface area contributed by atoms with E-state index in [1.54, 1.807) is 19.1 Å². The molecule has 0 aromatic heterocycles. The van der Waals surface area contributed by atoms with E-state index in [4.69, 9.17) is 9.47 Å². The van der Waals surface area contributed by atoms with E-state index in [0.29, 0.717) is 26.3 Å². The number of ether oxygens (including phenoxy) is 2. The van der Waals surface area contributed by atoms with Gasteiger partial charge in [-0.25, -0.2) is 0 Å². The summed E-state index contributed by atoms with van der Waals surface area (Å²) in [6.45, 7) is 3.94. The molecule has 0 unspecified atom stereocenters. The highest BCUT2D eigenvalue weighted by Gasteiger charge is 2.18. The lowest BCUT2D eigenvalue weighted by Crippen LogP contribution is -2.36. The molecule has 1 aliphatic heterocycles. The van der Waals surface area contributed by atoms with Gasteiger partial charge in [-0.2, -0.15) is 0 Å². The first-order valence-corrected chi connectivity index (χ1v) is 6.86. The van der Waals surface area contributed by atoms with Gasteiger partial charge in [0, 0.05) is 46.0 Å². The molecule has 1 heterocycles. The van der Waals surface area contributed by atoms with Crippen molar-refractivity contribution in [2.75, 3.05) is 40.5 Å². The van der Waals surface area contributed by atoms with E-state index < -0.39 is 0 Å². The number of hydrogen-bond acceptors (Lipinski definition) is 4. The van der Waals surface area contributed by atoms with Gasteiger partial charge in [0.05, 0.1) is 13.2 Å². The number of benzene rings is 1. The number of methoxy groups -OCH3 is 2. The normalized spacial score (nSPS) is 13.3. The molecule has 1 amide bonds. The monoisotopic (exact) mass is 278 g/mol. The summed E-state index contributed by atoms with van der Waals surface area (Å²) in [5.41, 5.74) is 3.23. The first kappa shape index (κ1) is 15.0. The summed E-state index contributed by atoms with van der Waals surface area (Å²) in [5, 5.41) is 3.29. The molecular weight excluding hydrogens is 256 g/mol. The number of nitrogens with one attached hydrogen (secondary N) is 1. The van der Waals surface area contributed by atoms with Crippen LogP contribution in [0.3, 0.4) is 0 Å². The molecule has 1 aromatic carbocycles. The molecular formula is C15H22N2O3. The lowest BCUT2D eigenvalue weighted by Gasteiger charge is -2.22. The molecule has 0 radical (unpaired) electrons. The fraction of sp³-hybridized carbons (Fsp3) is 0.533. The molecule has 0 saturated heterocycles. The van der Waals surface area contributed by atoms with Gasteiger partial charge in [-0.3, -0.25) is 4.79 Å². The summed E-state index contributed by atoms with van der Waals surface area (Å²) in [6.07, 6.45) is 0. The largest absolute Gasteiger partial charge is 0.383 e. The molecule has 1 aliphatic rings. The van der Waals surface area contributed by atoms with Crippen LogP contribution in [-0.2, 0) is 22.6 Å². The van der Waals surface area contributed by atoms with Gasteiger partial charge in [-0.15, -0.1) is 0 Å². The Balaban J connectivity index is 2.09. The Morgan fingerprint density at radius 2 is 1.80 bits per heavy atom. The third-order valence-corrected chi connectivity index (χ3v) is 3.50. The molecule has 110 valence electrons. The van der Waals surface area contributed by atoms with Gasteiger partial charge >= 0.3 is 0 Å². The summed E-state index contributed by atoms with van der Waals surface area (Å²) >= 11 is 0. The third-order valence-electron chi connectivity index (χ3n) is 3.50. The Hall–Kier alpha value is -1.43. The quantitative estimate of drug-likeness (QED) is 0.809. The molecule has 20 heavy (non-hydrogen) atoms. The van der Waals surface area contributed by atoms with Gasteiger partial charge < -0.3 is 19.7 Å². The van der Waals surface area contributed by atoms with Crippen molar-refractivity contribution in [1.82, 2.24) is 10.2 Å². The average molecular weight is 278 g/mol. The summed E-state index contributed by atoms with van der Waals surface area (Å²) in [5.74, 6) is 0.0359. The van der Waals surface area contributed by atoms with Gasteiger partial charge in [0.1, 0.15) is 0 Å². The van der Waals surface area contributed by atoms with Gasteiger partial charge in [-0.1, -0.05) is 6.07 Å². The van der Waals surface area contributed by atoms with Crippen LogP contribution < -0.4 is 5.32 Å². The van der Waals surface area contributed by atoms with Crippen molar-refractivity contribution in [3.63, 3.8) is 0 Å². The van der Waals surface area contributed by atoms with Gasteiger partial charge in [0.2, 0.25) is 0 Å². The van der Waals surface area contributed by atoms with E-state index in [1.165, 1.54) is 11.1 Å². The minimum Gasteiger partial charge on any atom is -0.383 e. The predicted octanol–water partition coefficient (Wildman–Crippen LogP) is 1.02. The first-order chi connectivity index (χ1) is 9.76. The number of rotatable bonds is 7. The Kier molecular flexibility index (Phi) is 5.52. The average Bonchev–Trinajstić information content (AvgIpc) is 2.94. The SMILES string of the molecule is COCCN(CCOC)C(=O)c1ccc2c(c1)CNC2. The van der Waals surface area contributed by atoms with Crippen LogP contribution in [0.4, 0.5) is 0 Å². The molecule has 0 atom stereocenters. The second-order valence-electron chi connectivity index (χ2n) is 4.86. The Morgan fingerprint density at radius 3 is 2.45 bits per heavy atom. The molecule has 0 spiro atoms. The van der Waals surface area contributed by atoms with Gasteiger partial charge in [-0.05, 0) is 23.3 Å². The predicted molar refractivity (Wildman–Crippen MR) is 76.6 cm³/mol. The lowest BCUT2D eigenvalue weighted by atomic mass is 10.1. The molecule has 0 saturated carbocycles. The van der Waals surface area contributed by atoms with Crippen molar-refractivity contribution in [3.05, 3.63) is 34.9 Å². The van der Waals surface area contributed by atoms with Crippen molar-refractivity contribution in [3.8, 4) is 0 Å². The second kappa shape index (κ2) is 7.38. The van der Waals surface area contributed by atoms with E-state index in [2.05, 4.69) is 5.32 Å². The van der Waals surface area contributed by atoms with Crippen LogP contribution in [0.15, 0.2) is 18.2 Å². The van der Waals surface area contributed by atoms with Crippen LogP contribution in [-0.4, -0.2) is 51.3 Å². The summed E-state index contributed by atoms with van der Waals surface area (Å²) in [7, 11) is 3.28. The van der Waals surface area contributed by atoms with Gasteiger partial charge in [0.15, 0.2) is 0 Å². The number of amides is 1. The fourth-order valence-electron chi connectivity index (χ4n) is 2.33. The molecule has 5 nitrogen and oxygen atoms in total. The zero-order valence-electron chi connectivity index (χ0n) is 12.1. The van der Waals surface area contributed by atoms with Crippen LogP contribution in [0.5, 0.6) is 0 Å². The Labute approximate surface area is 119 Å². The van der Waals surface area contributed by atoms with Crippen LogP contribution >= 0.6 is 0 Å². The van der Waals surface area contributed by atoms with Crippen LogP contribution in [0, 0.1) is 0 Å². The van der Waals surface area contributed by atoms with Crippen molar-refractivity contribution >= 4 is 5.91 Å². The van der Waals surface area contributed by atoms with Crippen molar-refractivity contribution in [2.45, 2.75) is 13.1 Å². The smallest absolute Gasteiger partial charge is 0.254 e. The molecule has 2 rings (SSSR count). The number of carbonyl (C=O) groups is 1. The van der Waals surface area contributed by atoms with E-state index >= 15 is 0 Å². The highest BCUT2D eigenvalue weighted by Crippen LogP contribution is 2.18. The van der Waals surface area contributed by atoms with Crippen molar-refractivity contribution in [2.24, 2.45) is 0 Å². The molecule has 5 heteroatoms. The van der Waals surface area contributed by atoms with E-state index in [-0.39, 0.29) is 5.91 Å². The van der Waals surface area contributed by atoms with Crippen molar-refractivity contribution in [1.29, 1.82) is 0 Å². The van der Waals surface area contributed by atoms with Crippen LogP contribution in [0.25, 0.3) is 0 Å². The minimum absolute atomic E-state index is 0.0359. The van der Waals surface area contributed by atoms with Crippen LogP contribution in [0.2, 0.25) is 0 Å². The third kappa shape index (κ3) is 3.56. The Morgan fingerprint density at radius 1 is 1.15 bits per heavy atom. The maximum atomic E-state index is 12.6. The van der Waals surface area contributed by atoms with E-state index in [0.717, 1.165) is 18.7 Å². The minimum atomic E-state index is 0.0359. The topological polar surface area (TPSA) is 50.8 Å². The lowest BCUT2D eigenvalue weighted by molar-refractivity contribution is 0.0627. The highest BCUT2D eigenvalue weighted by atomic mass is 16.5. The van der Waals surface area contributed by atoms with E-state index in [1.807, 2.05) is 18.2 Å². The Bertz CT molecular complexity index is 454. The molecule has 1 aromatic rings. The molecule has 1 N–H and O–H groups in total. The number of carbonyl (C=O) groups excluding carboxylic acids is 1. The summed E-state index contributed by atoms with van der Waals surface area (Å²) < 4.78 is 10.1. The van der Waals surface area contributed by atoms with E-state index in [9.17, 15) is 4.79 Å². The molecule has 0 fully saturated rings. The molecule has 0 aliphatic carbocycles. The highest BCUT2D eigenvalue weighted by molar-refractivity contribution is 5.94. The summed E-state index contributed by atoms with van der Waals surface area (Å²) in [6, 6.07) is 5.93. The summed E-state index contributed by atoms with van der Waals surface area (Å²) in [4.78, 5) is 14.3. The standard InChI is InChI=1S/C15H22N2O3/c1-19-7-5-17(6-8-20-2)15(18)12-3-4-13-10-16-11-14(13)9-12/h3-4,9,16H,5-8,10-11H2,1-2H3. The number of fused-ring (bicyclic) bond motifs is 1. The van der Waals surface area contributed by atoms with Gasteiger partial charge in [0.25, 0.3) is 5.91 Å².